The summed E-state index contributed by atoms with van der Waals surface area (Å²) in [6.45, 7) is 3.25. The van der Waals surface area contributed by atoms with E-state index >= 15 is 0 Å². The number of ether oxygens (including phenoxy) is 1. The van der Waals surface area contributed by atoms with Gasteiger partial charge < -0.3 is 15.0 Å². The number of hydrogen-bond acceptors (Lipinski definition) is 4. The molecule has 1 aliphatic rings. The van der Waals surface area contributed by atoms with Crippen LogP contribution < -0.4 is 15.0 Å². The third-order valence-corrected chi connectivity index (χ3v) is 5.13. The monoisotopic (exact) mass is 459 g/mol. The van der Waals surface area contributed by atoms with Crippen LogP contribution in [0.2, 0.25) is 0 Å². The molecular weight excluding hydrogens is 438 g/mol. The molecule has 0 spiro atoms. The number of amides is 3. The number of fused-ring (bicyclic) bond motifs is 1. The Labute approximate surface area is 177 Å². The van der Waals surface area contributed by atoms with Gasteiger partial charge in [-0.1, -0.05) is 28.1 Å². The SMILES string of the molecule is Cc1cc(Br)ccc1NC(=O)CN(C)C(=O)CN1C(=O)C(C)Oc2ccccc21. The van der Waals surface area contributed by atoms with Gasteiger partial charge in [-0.3, -0.25) is 19.3 Å². The number of halogens is 1. The molecule has 0 fully saturated rings. The van der Waals surface area contributed by atoms with Crippen LogP contribution in [-0.4, -0.2) is 48.9 Å². The maximum Gasteiger partial charge on any atom is 0.268 e. The lowest BCUT2D eigenvalue weighted by Gasteiger charge is -2.33. The Balaban J connectivity index is 1.64. The van der Waals surface area contributed by atoms with Crippen LogP contribution in [0.5, 0.6) is 5.75 Å². The molecule has 1 N–H and O–H groups in total. The van der Waals surface area contributed by atoms with Gasteiger partial charge >= 0.3 is 0 Å². The maximum atomic E-state index is 12.7. The maximum absolute atomic E-state index is 12.7. The number of carbonyl (C=O) groups is 3. The average Bonchev–Trinajstić information content (AvgIpc) is 2.67. The van der Waals surface area contributed by atoms with E-state index in [0.717, 1.165) is 10.0 Å². The van der Waals surface area contributed by atoms with Crippen molar-refractivity contribution in [1.29, 1.82) is 0 Å². The number of para-hydroxylation sites is 2. The zero-order valence-corrected chi connectivity index (χ0v) is 18.0. The van der Waals surface area contributed by atoms with Gasteiger partial charge in [0, 0.05) is 17.2 Å². The molecule has 2 aromatic carbocycles. The van der Waals surface area contributed by atoms with Crippen LogP contribution in [0.3, 0.4) is 0 Å². The number of rotatable bonds is 5. The standard InChI is InChI=1S/C21H22BrN3O4/c1-13-10-15(22)8-9-16(13)23-19(26)11-24(3)20(27)12-25-17-6-4-5-7-18(17)29-14(2)21(25)28/h4-10,14H,11-12H2,1-3H3,(H,23,26). The summed E-state index contributed by atoms with van der Waals surface area (Å²) in [6, 6.07) is 12.6. The second-order valence-corrected chi connectivity index (χ2v) is 7.83. The van der Waals surface area contributed by atoms with Crippen LogP contribution in [0.1, 0.15) is 12.5 Å². The Hall–Kier alpha value is -2.87. The molecule has 0 aliphatic carbocycles. The van der Waals surface area contributed by atoms with Crippen molar-refractivity contribution in [2.75, 3.05) is 30.4 Å². The summed E-state index contributed by atoms with van der Waals surface area (Å²) >= 11 is 3.38. The lowest BCUT2D eigenvalue weighted by atomic mass is 10.2. The van der Waals surface area contributed by atoms with Crippen molar-refractivity contribution in [2.45, 2.75) is 20.0 Å². The Morgan fingerprint density at radius 2 is 1.97 bits per heavy atom. The summed E-state index contributed by atoms with van der Waals surface area (Å²) < 4.78 is 6.50. The Bertz CT molecular complexity index is 963. The van der Waals surface area contributed by atoms with Gasteiger partial charge in [-0.15, -0.1) is 0 Å². The van der Waals surface area contributed by atoms with Gasteiger partial charge in [0.15, 0.2) is 6.10 Å². The second-order valence-electron chi connectivity index (χ2n) is 6.91. The minimum Gasteiger partial charge on any atom is -0.479 e. The number of aryl methyl sites for hydroxylation is 1. The molecule has 1 heterocycles. The highest BCUT2D eigenvalue weighted by Crippen LogP contribution is 2.33. The van der Waals surface area contributed by atoms with Gasteiger partial charge in [-0.25, -0.2) is 0 Å². The van der Waals surface area contributed by atoms with Crippen LogP contribution >= 0.6 is 15.9 Å². The molecule has 2 aromatic rings. The second kappa shape index (κ2) is 8.65. The molecule has 7 nitrogen and oxygen atoms in total. The van der Waals surface area contributed by atoms with Crippen LogP contribution in [0, 0.1) is 6.92 Å². The van der Waals surface area contributed by atoms with E-state index in [-0.39, 0.29) is 30.8 Å². The zero-order valence-electron chi connectivity index (χ0n) is 16.4. The molecule has 29 heavy (non-hydrogen) atoms. The van der Waals surface area contributed by atoms with E-state index in [0.29, 0.717) is 17.1 Å². The number of nitrogens with zero attached hydrogens (tertiary/aromatic N) is 2. The van der Waals surface area contributed by atoms with Crippen molar-refractivity contribution in [2.24, 2.45) is 0 Å². The Morgan fingerprint density at radius 3 is 2.69 bits per heavy atom. The van der Waals surface area contributed by atoms with Gasteiger partial charge in [0.25, 0.3) is 5.91 Å². The molecule has 0 aromatic heterocycles. The number of likely N-dealkylation sites (N-methyl/N-ethyl adjacent to an activating group) is 1. The Kier molecular flexibility index (Phi) is 6.22. The number of anilines is 2. The van der Waals surface area contributed by atoms with E-state index in [1.165, 1.54) is 16.8 Å². The molecule has 0 bridgehead atoms. The highest BCUT2D eigenvalue weighted by molar-refractivity contribution is 9.10. The van der Waals surface area contributed by atoms with Crippen molar-refractivity contribution in [3.63, 3.8) is 0 Å². The van der Waals surface area contributed by atoms with E-state index in [1.807, 2.05) is 25.1 Å². The molecule has 0 radical (unpaired) electrons. The molecule has 0 saturated heterocycles. The fourth-order valence-corrected chi connectivity index (χ4v) is 3.51. The molecule has 1 atom stereocenters. The van der Waals surface area contributed by atoms with E-state index < -0.39 is 6.10 Å². The third-order valence-electron chi connectivity index (χ3n) is 4.64. The van der Waals surface area contributed by atoms with Crippen molar-refractivity contribution < 1.29 is 19.1 Å². The van der Waals surface area contributed by atoms with Crippen molar-refractivity contribution in [3.8, 4) is 5.75 Å². The lowest BCUT2D eigenvalue weighted by Crippen LogP contribution is -2.49. The number of nitrogens with one attached hydrogen (secondary N) is 1. The van der Waals surface area contributed by atoms with E-state index in [2.05, 4.69) is 21.2 Å². The highest BCUT2D eigenvalue weighted by atomic mass is 79.9. The normalized spacial score (nSPS) is 15.4. The quantitative estimate of drug-likeness (QED) is 0.745. The van der Waals surface area contributed by atoms with E-state index in [1.54, 1.807) is 31.2 Å². The molecule has 1 unspecified atom stereocenters. The summed E-state index contributed by atoms with van der Waals surface area (Å²) in [6.07, 6.45) is -0.674. The minimum atomic E-state index is -0.674. The van der Waals surface area contributed by atoms with Crippen molar-refractivity contribution >= 4 is 45.0 Å². The zero-order chi connectivity index (χ0) is 21.1. The first-order chi connectivity index (χ1) is 13.8. The first-order valence-corrected chi connectivity index (χ1v) is 9.92. The summed E-state index contributed by atoms with van der Waals surface area (Å²) in [5.74, 6) is -0.392. The van der Waals surface area contributed by atoms with Gasteiger partial charge in [0.05, 0.1) is 12.2 Å². The third kappa shape index (κ3) is 4.76. The van der Waals surface area contributed by atoms with Crippen LogP contribution in [0.4, 0.5) is 11.4 Å². The van der Waals surface area contributed by atoms with Crippen LogP contribution in [-0.2, 0) is 14.4 Å². The molecule has 152 valence electrons. The predicted molar refractivity (Wildman–Crippen MR) is 114 cm³/mol. The van der Waals surface area contributed by atoms with Gasteiger partial charge in [-0.05, 0) is 49.7 Å². The van der Waals surface area contributed by atoms with Gasteiger partial charge in [0.1, 0.15) is 12.3 Å². The fourth-order valence-electron chi connectivity index (χ4n) is 3.04. The van der Waals surface area contributed by atoms with Crippen molar-refractivity contribution in [3.05, 3.63) is 52.5 Å². The summed E-state index contributed by atoms with van der Waals surface area (Å²) in [4.78, 5) is 40.3. The largest absolute Gasteiger partial charge is 0.479 e. The fraction of sp³-hybridized carbons (Fsp3) is 0.286. The molecule has 3 rings (SSSR count). The first kappa shape index (κ1) is 20.9. The van der Waals surface area contributed by atoms with Crippen LogP contribution in [0.15, 0.2) is 46.9 Å². The number of carbonyl (C=O) groups excluding carboxylic acids is 3. The molecular formula is C21H22BrN3O4. The Morgan fingerprint density at radius 1 is 1.24 bits per heavy atom. The molecule has 3 amide bonds. The highest BCUT2D eigenvalue weighted by Gasteiger charge is 2.33. The smallest absolute Gasteiger partial charge is 0.268 e. The average molecular weight is 460 g/mol. The van der Waals surface area contributed by atoms with E-state index in [9.17, 15) is 14.4 Å². The predicted octanol–water partition coefficient (Wildman–Crippen LogP) is 2.97. The van der Waals surface area contributed by atoms with Crippen LogP contribution in [0.25, 0.3) is 0 Å². The van der Waals surface area contributed by atoms with E-state index in [4.69, 9.17) is 4.74 Å². The number of hydrogen-bond donors (Lipinski definition) is 1. The molecule has 1 aliphatic heterocycles. The molecule has 8 heteroatoms. The van der Waals surface area contributed by atoms with Crippen molar-refractivity contribution in [1.82, 2.24) is 4.90 Å². The lowest BCUT2D eigenvalue weighted by molar-refractivity contribution is -0.134. The number of benzene rings is 2. The first-order valence-electron chi connectivity index (χ1n) is 9.13. The molecule has 0 saturated carbocycles. The van der Waals surface area contributed by atoms with Gasteiger partial charge in [0.2, 0.25) is 11.8 Å². The minimum absolute atomic E-state index is 0.121. The summed E-state index contributed by atoms with van der Waals surface area (Å²) in [7, 11) is 1.54. The summed E-state index contributed by atoms with van der Waals surface area (Å²) in [5, 5.41) is 2.80. The van der Waals surface area contributed by atoms with Gasteiger partial charge in [-0.2, -0.15) is 0 Å². The topological polar surface area (TPSA) is 79.0 Å². The summed E-state index contributed by atoms with van der Waals surface area (Å²) in [5.41, 5.74) is 2.14.